The van der Waals surface area contributed by atoms with Crippen molar-refractivity contribution in [3.8, 4) is 0 Å². The van der Waals surface area contributed by atoms with Gasteiger partial charge in [-0.1, -0.05) is 25.3 Å². The van der Waals surface area contributed by atoms with Crippen molar-refractivity contribution in [3.63, 3.8) is 0 Å². The quantitative estimate of drug-likeness (QED) is 0.872. The van der Waals surface area contributed by atoms with Crippen LogP contribution in [0.3, 0.4) is 0 Å². The molecule has 0 saturated heterocycles. The molecule has 2 N–H and O–H groups in total. The van der Waals surface area contributed by atoms with Crippen molar-refractivity contribution >= 4 is 11.8 Å². The third-order valence-corrected chi connectivity index (χ3v) is 4.49. The molecule has 0 bridgehead atoms. The minimum atomic E-state index is 0.0831. The van der Waals surface area contributed by atoms with Gasteiger partial charge in [0, 0.05) is 23.1 Å². The van der Waals surface area contributed by atoms with Crippen molar-refractivity contribution in [3.05, 3.63) is 23.9 Å². The van der Waals surface area contributed by atoms with E-state index in [9.17, 15) is 0 Å². The van der Waals surface area contributed by atoms with Crippen molar-refractivity contribution in [1.82, 2.24) is 4.98 Å². The molecule has 3 heteroatoms. The van der Waals surface area contributed by atoms with Crippen LogP contribution in [0.5, 0.6) is 0 Å². The van der Waals surface area contributed by atoms with Gasteiger partial charge in [-0.05, 0) is 25.8 Å². The van der Waals surface area contributed by atoms with E-state index in [1.165, 1.54) is 37.7 Å². The van der Waals surface area contributed by atoms with Crippen LogP contribution in [-0.2, 0) is 0 Å². The van der Waals surface area contributed by atoms with Gasteiger partial charge in [-0.25, -0.2) is 4.98 Å². The molecule has 1 fully saturated rings. The molecule has 2 rings (SSSR count). The van der Waals surface area contributed by atoms with Gasteiger partial charge in [-0.3, -0.25) is 0 Å². The Morgan fingerprint density at radius 1 is 1.38 bits per heavy atom. The summed E-state index contributed by atoms with van der Waals surface area (Å²) in [5, 5.41) is 1.89. The zero-order valence-electron chi connectivity index (χ0n) is 9.86. The van der Waals surface area contributed by atoms with Crippen LogP contribution < -0.4 is 5.73 Å². The van der Waals surface area contributed by atoms with E-state index in [0.29, 0.717) is 0 Å². The zero-order chi connectivity index (χ0) is 11.4. The molecule has 1 aliphatic rings. The number of pyridine rings is 1. The average molecular weight is 236 g/mol. The lowest BCUT2D eigenvalue weighted by atomic mass is 10.0. The molecule has 0 radical (unpaired) electrons. The van der Waals surface area contributed by atoms with Crippen molar-refractivity contribution in [2.45, 2.75) is 55.3 Å². The Morgan fingerprint density at radius 3 is 2.81 bits per heavy atom. The smallest absolute Gasteiger partial charge is 0.101 e. The number of hydrogen-bond acceptors (Lipinski definition) is 3. The van der Waals surface area contributed by atoms with Gasteiger partial charge in [-0.2, -0.15) is 0 Å². The summed E-state index contributed by atoms with van der Waals surface area (Å²) in [5.74, 6) is 0. The minimum absolute atomic E-state index is 0.0831. The monoisotopic (exact) mass is 236 g/mol. The van der Waals surface area contributed by atoms with E-state index in [0.717, 1.165) is 10.3 Å². The third kappa shape index (κ3) is 2.98. The fourth-order valence-electron chi connectivity index (χ4n) is 2.19. The maximum absolute atomic E-state index is 5.97. The van der Waals surface area contributed by atoms with E-state index in [-0.39, 0.29) is 6.04 Å². The molecule has 1 aromatic heterocycles. The number of hydrogen-bond donors (Lipinski definition) is 1. The molecule has 1 aliphatic carbocycles. The fraction of sp³-hybridized carbons (Fsp3) is 0.615. The lowest BCUT2D eigenvalue weighted by molar-refractivity contribution is 0.515. The minimum Gasteiger partial charge on any atom is -0.324 e. The topological polar surface area (TPSA) is 38.9 Å². The van der Waals surface area contributed by atoms with E-state index in [1.54, 1.807) is 0 Å². The lowest BCUT2D eigenvalue weighted by Crippen LogP contribution is -2.11. The first-order chi connectivity index (χ1) is 7.77. The largest absolute Gasteiger partial charge is 0.324 e. The second-order valence-corrected chi connectivity index (χ2v) is 5.85. The van der Waals surface area contributed by atoms with Gasteiger partial charge >= 0.3 is 0 Å². The molecule has 0 aromatic carbocycles. The Labute approximate surface area is 102 Å². The highest BCUT2D eigenvalue weighted by molar-refractivity contribution is 7.99. The predicted octanol–water partition coefficient (Wildman–Crippen LogP) is 3.53. The van der Waals surface area contributed by atoms with E-state index in [2.05, 4.69) is 11.1 Å². The number of nitrogens with zero attached hydrogens (tertiary/aromatic N) is 1. The number of rotatable bonds is 3. The van der Waals surface area contributed by atoms with Crippen LogP contribution in [0.4, 0.5) is 0 Å². The molecule has 0 aliphatic heterocycles. The summed E-state index contributed by atoms with van der Waals surface area (Å²) < 4.78 is 0. The molecule has 1 unspecified atom stereocenters. The van der Waals surface area contributed by atoms with Crippen LogP contribution in [0.15, 0.2) is 23.4 Å². The molecule has 16 heavy (non-hydrogen) atoms. The summed E-state index contributed by atoms with van der Waals surface area (Å²) in [7, 11) is 0. The summed E-state index contributed by atoms with van der Waals surface area (Å²) in [4.78, 5) is 4.48. The number of aromatic nitrogens is 1. The van der Waals surface area contributed by atoms with E-state index in [1.807, 2.05) is 30.9 Å². The van der Waals surface area contributed by atoms with E-state index < -0.39 is 0 Å². The molecule has 2 nitrogen and oxygen atoms in total. The second kappa shape index (κ2) is 5.69. The SMILES string of the molecule is CC(N)c1cccnc1SC1CCCCC1. The Balaban J connectivity index is 2.07. The molecule has 1 aromatic rings. The second-order valence-electron chi connectivity index (χ2n) is 4.56. The Kier molecular flexibility index (Phi) is 4.24. The fourth-order valence-corrected chi connectivity index (χ4v) is 3.59. The Bertz CT molecular complexity index is 332. The van der Waals surface area contributed by atoms with Gasteiger partial charge in [0.1, 0.15) is 5.03 Å². The molecule has 0 amide bonds. The van der Waals surface area contributed by atoms with E-state index >= 15 is 0 Å². The first-order valence-electron chi connectivity index (χ1n) is 6.14. The zero-order valence-corrected chi connectivity index (χ0v) is 10.7. The third-order valence-electron chi connectivity index (χ3n) is 3.12. The van der Waals surface area contributed by atoms with Gasteiger partial charge in [0.15, 0.2) is 0 Å². The standard InChI is InChI=1S/C13H20N2S/c1-10(14)12-8-5-9-15-13(12)16-11-6-3-2-4-7-11/h5,8-11H,2-4,6-7,14H2,1H3. The molecular weight excluding hydrogens is 216 g/mol. The van der Waals surface area contributed by atoms with Crippen LogP contribution >= 0.6 is 11.8 Å². The highest BCUT2D eigenvalue weighted by Crippen LogP contribution is 2.35. The van der Waals surface area contributed by atoms with Crippen LogP contribution in [-0.4, -0.2) is 10.2 Å². The highest BCUT2D eigenvalue weighted by Gasteiger charge is 2.17. The maximum atomic E-state index is 5.97. The lowest BCUT2D eigenvalue weighted by Gasteiger charge is -2.22. The average Bonchev–Trinajstić information content (AvgIpc) is 2.31. The van der Waals surface area contributed by atoms with Gasteiger partial charge in [0.2, 0.25) is 0 Å². The molecule has 1 heterocycles. The van der Waals surface area contributed by atoms with Crippen molar-refractivity contribution < 1.29 is 0 Å². The number of thioether (sulfide) groups is 1. The van der Waals surface area contributed by atoms with Crippen LogP contribution in [0, 0.1) is 0 Å². The predicted molar refractivity (Wildman–Crippen MR) is 69.6 cm³/mol. The first-order valence-corrected chi connectivity index (χ1v) is 7.02. The summed E-state index contributed by atoms with van der Waals surface area (Å²) in [6.07, 6.45) is 8.69. The van der Waals surface area contributed by atoms with E-state index in [4.69, 9.17) is 5.73 Å². The van der Waals surface area contributed by atoms with Crippen molar-refractivity contribution in [2.24, 2.45) is 5.73 Å². The normalized spacial score (nSPS) is 19.6. The molecule has 88 valence electrons. The van der Waals surface area contributed by atoms with Gasteiger partial charge in [-0.15, -0.1) is 11.8 Å². The molecule has 1 saturated carbocycles. The summed E-state index contributed by atoms with van der Waals surface area (Å²) in [6.45, 7) is 2.03. The summed E-state index contributed by atoms with van der Waals surface area (Å²) in [6, 6.07) is 4.16. The highest BCUT2D eigenvalue weighted by atomic mass is 32.2. The Morgan fingerprint density at radius 2 is 2.12 bits per heavy atom. The maximum Gasteiger partial charge on any atom is 0.101 e. The van der Waals surface area contributed by atoms with Crippen molar-refractivity contribution in [1.29, 1.82) is 0 Å². The Hall–Kier alpha value is -0.540. The molecule has 1 atom stereocenters. The summed E-state index contributed by atoms with van der Waals surface area (Å²) >= 11 is 1.93. The van der Waals surface area contributed by atoms with Crippen LogP contribution in [0.2, 0.25) is 0 Å². The molecular formula is C13H20N2S. The first kappa shape index (κ1) is 11.9. The van der Waals surface area contributed by atoms with Crippen molar-refractivity contribution in [2.75, 3.05) is 0 Å². The molecule has 0 spiro atoms. The number of nitrogens with two attached hydrogens (primary N) is 1. The van der Waals surface area contributed by atoms with Gasteiger partial charge < -0.3 is 5.73 Å². The van der Waals surface area contributed by atoms with Crippen LogP contribution in [0.1, 0.15) is 50.6 Å². The summed E-state index contributed by atoms with van der Waals surface area (Å²) in [5.41, 5.74) is 7.16. The van der Waals surface area contributed by atoms with Crippen LogP contribution in [0.25, 0.3) is 0 Å². The van der Waals surface area contributed by atoms with Gasteiger partial charge in [0.25, 0.3) is 0 Å². The van der Waals surface area contributed by atoms with Gasteiger partial charge in [0.05, 0.1) is 0 Å².